The van der Waals surface area contributed by atoms with Gasteiger partial charge in [-0.2, -0.15) is 0 Å². The topological polar surface area (TPSA) is 79.4 Å². The minimum Gasteiger partial charge on any atom is -0.376 e. The summed E-state index contributed by atoms with van der Waals surface area (Å²) in [5.74, 6) is 1.34. The third-order valence-corrected chi connectivity index (χ3v) is 4.97. The van der Waals surface area contributed by atoms with Gasteiger partial charge in [0.2, 0.25) is 11.9 Å². The van der Waals surface area contributed by atoms with E-state index in [1.54, 1.807) is 6.92 Å². The minimum atomic E-state index is 0.0628. The summed E-state index contributed by atoms with van der Waals surface area (Å²) >= 11 is 0. The SMILES string of the molecule is CC(=O)NCC1CCN(Cc2cnc(NC[C@@H]3CCCO3)nc2)CC1. The van der Waals surface area contributed by atoms with Gasteiger partial charge in [0, 0.05) is 51.1 Å². The number of hydrogen-bond donors (Lipinski definition) is 2. The molecule has 0 radical (unpaired) electrons. The first-order valence-corrected chi connectivity index (χ1v) is 9.32. The number of amides is 1. The molecule has 1 atom stereocenters. The van der Waals surface area contributed by atoms with Gasteiger partial charge in [-0.3, -0.25) is 9.69 Å². The maximum absolute atomic E-state index is 11.0. The molecule has 138 valence electrons. The van der Waals surface area contributed by atoms with E-state index < -0.39 is 0 Å². The number of piperidine rings is 1. The van der Waals surface area contributed by atoms with E-state index in [1.807, 2.05) is 12.4 Å². The largest absolute Gasteiger partial charge is 0.376 e. The van der Waals surface area contributed by atoms with Gasteiger partial charge in [-0.05, 0) is 44.7 Å². The van der Waals surface area contributed by atoms with Gasteiger partial charge in [0.15, 0.2) is 0 Å². The Morgan fingerprint density at radius 3 is 2.64 bits per heavy atom. The average Bonchev–Trinajstić information content (AvgIpc) is 3.14. The molecule has 0 unspecified atom stereocenters. The monoisotopic (exact) mass is 347 g/mol. The first-order valence-electron chi connectivity index (χ1n) is 9.32. The molecular formula is C18H29N5O2. The third kappa shape index (κ3) is 5.93. The van der Waals surface area contributed by atoms with Crippen LogP contribution in [0.25, 0.3) is 0 Å². The van der Waals surface area contributed by atoms with Crippen molar-refractivity contribution in [1.29, 1.82) is 0 Å². The average molecular weight is 347 g/mol. The Morgan fingerprint density at radius 1 is 1.24 bits per heavy atom. The lowest BCUT2D eigenvalue weighted by Crippen LogP contribution is -2.37. The van der Waals surface area contributed by atoms with Crippen LogP contribution in [-0.2, 0) is 16.1 Å². The van der Waals surface area contributed by atoms with E-state index in [0.29, 0.717) is 18.0 Å². The van der Waals surface area contributed by atoms with Crippen LogP contribution in [-0.4, -0.2) is 59.7 Å². The zero-order chi connectivity index (χ0) is 17.5. The normalized spacial score (nSPS) is 22.0. The van der Waals surface area contributed by atoms with Crippen molar-refractivity contribution >= 4 is 11.9 Å². The summed E-state index contributed by atoms with van der Waals surface area (Å²) < 4.78 is 5.59. The van der Waals surface area contributed by atoms with Crippen LogP contribution in [0, 0.1) is 5.92 Å². The molecule has 3 rings (SSSR count). The minimum absolute atomic E-state index is 0.0628. The van der Waals surface area contributed by atoms with Crippen molar-refractivity contribution in [3.05, 3.63) is 18.0 Å². The van der Waals surface area contributed by atoms with E-state index in [0.717, 1.165) is 70.6 Å². The fourth-order valence-corrected chi connectivity index (χ4v) is 3.43. The Balaban J connectivity index is 1.37. The van der Waals surface area contributed by atoms with Gasteiger partial charge in [0.05, 0.1) is 6.10 Å². The third-order valence-electron chi connectivity index (χ3n) is 4.97. The van der Waals surface area contributed by atoms with E-state index in [-0.39, 0.29) is 5.91 Å². The number of rotatable bonds is 7. The fourth-order valence-electron chi connectivity index (χ4n) is 3.43. The second-order valence-corrected chi connectivity index (χ2v) is 7.09. The number of anilines is 1. The highest BCUT2D eigenvalue weighted by molar-refractivity contribution is 5.72. The van der Waals surface area contributed by atoms with E-state index in [9.17, 15) is 4.79 Å². The highest BCUT2D eigenvalue weighted by Gasteiger charge is 2.19. The second kappa shape index (κ2) is 9.10. The number of nitrogens with one attached hydrogen (secondary N) is 2. The molecule has 0 aromatic carbocycles. The van der Waals surface area contributed by atoms with Crippen LogP contribution in [0.2, 0.25) is 0 Å². The Kier molecular flexibility index (Phi) is 6.58. The zero-order valence-corrected chi connectivity index (χ0v) is 15.0. The fraction of sp³-hybridized carbons (Fsp3) is 0.722. The standard InChI is InChI=1S/C18H29N5O2/c1-14(24)19-9-15-4-6-23(7-5-15)13-16-10-20-18(21-11-16)22-12-17-3-2-8-25-17/h10-11,15,17H,2-9,12-13H2,1H3,(H,19,24)(H,20,21,22)/t17-/m0/s1. The number of carbonyl (C=O) groups is 1. The second-order valence-electron chi connectivity index (χ2n) is 7.09. The van der Waals surface area contributed by atoms with Crippen molar-refractivity contribution in [3.8, 4) is 0 Å². The van der Waals surface area contributed by atoms with Gasteiger partial charge in [-0.25, -0.2) is 9.97 Å². The molecule has 2 N–H and O–H groups in total. The van der Waals surface area contributed by atoms with Crippen LogP contribution >= 0.6 is 0 Å². The molecule has 2 aliphatic heterocycles. The molecule has 3 heterocycles. The van der Waals surface area contributed by atoms with E-state index in [1.165, 1.54) is 0 Å². The highest BCUT2D eigenvalue weighted by Crippen LogP contribution is 2.18. The maximum atomic E-state index is 11.0. The molecular weight excluding hydrogens is 318 g/mol. The molecule has 7 heteroatoms. The summed E-state index contributed by atoms with van der Waals surface area (Å²) in [5.41, 5.74) is 1.14. The number of nitrogens with zero attached hydrogens (tertiary/aromatic N) is 3. The summed E-state index contributed by atoms with van der Waals surface area (Å²) in [5, 5.41) is 6.18. The maximum Gasteiger partial charge on any atom is 0.222 e. The van der Waals surface area contributed by atoms with Crippen molar-refractivity contribution < 1.29 is 9.53 Å². The molecule has 2 saturated heterocycles. The van der Waals surface area contributed by atoms with Crippen LogP contribution in [0.3, 0.4) is 0 Å². The number of likely N-dealkylation sites (tertiary alicyclic amines) is 1. The van der Waals surface area contributed by atoms with Gasteiger partial charge in [-0.1, -0.05) is 0 Å². The first-order chi connectivity index (χ1) is 12.2. The summed E-state index contributed by atoms with van der Waals surface area (Å²) in [4.78, 5) is 22.3. The van der Waals surface area contributed by atoms with Gasteiger partial charge in [0.1, 0.15) is 0 Å². The number of aromatic nitrogens is 2. The molecule has 2 aliphatic rings. The van der Waals surface area contributed by atoms with Crippen LogP contribution in [0.1, 0.15) is 38.2 Å². The summed E-state index contributed by atoms with van der Waals surface area (Å²) in [6.07, 6.45) is 8.63. The quantitative estimate of drug-likeness (QED) is 0.776. The smallest absolute Gasteiger partial charge is 0.222 e. The molecule has 0 saturated carbocycles. The summed E-state index contributed by atoms with van der Waals surface area (Å²) in [7, 11) is 0. The predicted molar refractivity (Wildman–Crippen MR) is 96.2 cm³/mol. The van der Waals surface area contributed by atoms with Crippen molar-refractivity contribution in [2.24, 2.45) is 5.92 Å². The van der Waals surface area contributed by atoms with Gasteiger partial charge >= 0.3 is 0 Å². The summed E-state index contributed by atoms with van der Waals surface area (Å²) in [6.45, 7) is 7.03. The molecule has 25 heavy (non-hydrogen) atoms. The van der Waals surface area contributed by atoms with Crippen molar-refractivity contribution in [2.75, 3.05) is 38.1 Å². The number of carbonyl (C=O) groups excluding carboxylic acids is 1. The predicted octanol–water partition coefficient (Wildman–Crippen LogP) is 1.42. The van der Waals surface area contributed by atoms with Crippen molar-refractivity contribution in [3.63, 3.8) is 0 Å². The Morgan fingerprint density at radius 2 is 2.00 bits per heavy atom. The first kappa shape index (κ1) is 18.1. The molecule has 1 aromatic rings. The van der Waals surface area contributed by atoms with Crippen molar-refractivity contribution in [1.82, 2.24) is 20.2 Å². The molecule has 7 nitrogen and oxygen atoms in total. The lowest BCUT2D eigenvalue weighted by molar-refractivity contribution is -0.119. The van der Waals surface area contributed by atoms with E-state index >= 15 is 0 Å². The van der Waals surface area contributed by atoms with Crippen LogP contribution in [0.4, 0.5) is 5.95 Å². The molecule has 0 aliphatic carbocycles. The van der Waals surface area contributed by atoms with Crippen LogP contribution in [0.5, 0.6) is 0 Å². The highest BCUT2D eigenvalue weighted by atomic mass is 16.5. The van der Waals surface area contributed by atoms with Crippen LogP contribution < -0.4 is 10.6 Å². The zero-order valence-electron chi connectivity index (χ0n) is 15.0. The Hall–Kier alpha value is -1.73. The Labute approximate surface area is 149 Å². The van der Waals surface area contributed by atoms with Gasteiger partial charge in [0.25, 0.3) is 0 Å². The number of ether oxygens (including phenoxy) is 1. The van der Waals surface area contributed by atoms with Gasteiger partial charge < -0.3 is 15.4 Å². The lowest BCUT2D eigenvalue weighted by Gasteiger charge is -2.31. The molecule has 1 aromatic heterocycles. The van der Waals surface area contributed by atoms with Crippen molar-refractivity contribution in [2.45, 2.75) is 45.3 Å². The van der Waals surface area contributed by atoms with Gasteiger partial charge in [-0.15, -0.1) is 0 Å². The lowest BCUT2D eigenvalue weighted by atomic mass is 9.96. The van der Waals surface area contributed by atoms with Crippen LogP contribution in [0.15, 0.2) is 12.4 Å². The Bertz CT molecular complexity index is 537. The summed E-state index contributed by atoms with van der Waals surface area (Å²) in [6, 6.07) is 0. The molecule has 0 spiro atoms. The molecule has 1 amide bonds. The molecule has 2 fully saturated rings. The van der Waals surface area contributed by atoms with E-state index in [4.69, 9.17) is 4.74 Å². The molecule has 0 bridgehead atoms. The number of hydrogen-bond acceptors (Lipinski definition) is 6. The van der Waals surface area contributed by atoms with E-state index in [2.05, 4.69) is 25.5 Å².